The van der Waals surface area contributed by atoms with E-state index in [1.165, 1.54) is 12.1 Å². The number of benzene rings is 1. The number of nitrogens with zero attached hydrogens (tertiary/aromatic N) is 5. The van der Waals surface area contributed by atoms with E-state index in [0.717, 1.165) is 0 Å². The molecule has 0 bridgehead atoms. The smallest absolute Gasteiger partial charge is 0.415 e. The third kappa shape index (κ3) is 3.93. The second kappa shape index (κ2) is 8.05. The first-order valence-corrected chi connectivity index (χ1v) is 9.57. The fourth-order valence-electron chi connectivity index (χ4n) is 3.12. The Morgan fingerprint density at radius 1 is 1.17 bits per heavy atom. The molecule has 9 nitrogen and oxygen atoms in total. The number of carbonyl (C=O) groups excluding carboxylic acids is 1. The molecule has 1 fully saturated rings. The Labute approximate surface area is 172 Å². The molecule has 30 heavy (non-hydrogen) atoms. The zero-order valence-electron chi connectivity index (χ0n) is 16.7. The van der Waals surface area contributed by atoms with Gasteiger partial charge in [0.25, 0.3) is 0 Å². The highest BCUT2D eigenvalue weighted by Gasteiger charge is 2.37. The summed E-state index contributed by atoms with van der Waals surface area (Å²) in [6, 6.07) is 6.97. The van der Waals surface area contributed by atoms with Gasteiger partial charge in [-0.2, -0.15) is 4.98 Å². The summed E-state index contributed by atoms with van der Waals surface area (Å²) in [5, 5.41) is 11.2. The summed E-state index contributed by atoms with van der Waals surface area (Å²) in [6.45, 7) is 6.19. The molecule has 156 valence electrons. The maximum absolute atomic E-state index is 13.1. The Balaban J connectivity index is 1.50. The van der Waals surface area contributed by atoms with Crippen molar-refractivity contribution in [1.29, 1.82) is 0 Å². The molecule has 1 aromatic carbocycles. The fraction of sp³-hybridized carbons (Fsp3) is 0.350. The van der Waals surface area contributed by atoms with E-state index in [1.54, 1.807) is 29.3 Å². The third-order valence-electron chi connectivity index (χ3n) is 4.81. The SMILES string of the molecule is CC(C)C1COC(=O)N1c1ccnc(N[C@H](C)c2nnc(-c3ccc(F)cc3)o2)n1. The first kappa shape index (κ1) is 19.7. The number of hydrogen-bond acceptors (Lipinski definition) is 8. The van der Waals surface area contributed by atoms with Gasteiger partial charge in [-0.3, -0.25) is 4.90 Å². The van der Waals surface area contributed by atoms with E-state index in [4.69, 9.17) is 9.15 Å². The van der Waals surface area contributed by atoms with Crippen LogP contribution in [0.3, 0.4) is 0 Å². The van der Waals surface area contributed by atoms with Crippen LogP contribution in [0.4, 0.5) is 21.0 Å². The molecule has 4 rings (SSSR count). The van der Waals surface area contributed by atoms with Crippen molar-refractivity contribution >= 4 is 17.9 Å². The number of halogens is 1. The molecule has 2 aromatic heterocycles. The van der Waals surface area contributed by atoms with Gasteiger partial charge in [-0.25, -0.2) is 14.2 Å². The number of carbonyl (C=O) groups is 1. The molecule has 1 aliphatic rings. The van der Waals surface area contributed by atoms with E-state index in [0.29, 0.717) is 29.8 Å². The van der Waals surface area contributed by atoms with E-state index < -0.39 is 12.1 Å². The van der Waals surface area contributed by atoms with Gasteiger partial charge in [-0.05, 0) is 43.2 Å². The largest absolute Gasteiger partial charge is 0.447 e. The van der Waals surface area contributed by atoms with E-state index in [-0.39, 0.29) is 23.7 Å². The normalized spacial score (nSPS) is 17.3. The number of rotatable bonds is 6. The molecule has 0 aliphatic carbocycles. The minimum absolute atomic E-state index is 0.0909. The number of cyclic esters (lactones) is 1. The molecule has 1 saturated heterocycles. The first-order chi connectivity index (χ1) is 14.4. The van der Waals surface area contributed by atoms with Crippen LogP contribution in [0, 0.1) is 11.7 Å². The van der Waals surface area contributed by atoms with Crippen molar-refractivity contribution in [3.8, 4) is 11.5 Å². The predicted molar refractivity (Wildman–Crippen MR) is 106 cm³/mol. The van der Waals surface area contributed by atoms with Crippen LogP contribution in [0.15, 0.2) is 40.9 Å². The fourth-order valence-corrected chi connectivity index (χ4v) is 3.12. The summed E-state index contributed by atoms with van der Waals surface area (Å²) in [7, 11) is 0. The van der Waals surface area contributed by atoms with E-state index >= 15 is 0 Å². The van der Waals surface area contributed by atoms with Gasteiger partial charge in [-0.1, -0.05) is 13.8 Å². The van der Waals surface area contributed by atoms with Crippen LogP contribution in [0.5, 0.6) is 0 Å². The Morgan fingerprint density at radius 3 is 2.67 bits per heavy atom. The summed E-state index contributed by atoms with van der Waals surface area (Å²) in [5.41, 5.74) is 0.618. The zero-order valence-corrected chi connectivity index (χ0v) is 16.7. The van der Waals surface area contributed by atoms with Gasteiger partial charge in [0.2, 0.25) is 17.7 Å². The third-order valence-corrected chi connectivity index (χ3v) is 4.81. The zero-order chi connectivity index (χ0) is 21.3. The van der Waals surface area contributed by atoms with Crippen molar-refractivity contribution in [2.24, 2.45) is 5.92 Å². The van der Waals surface area contributed by atoms with Crippen LogP contribution < -0.4 is 10.2 Å². The highest BCUT2D eigenvalue weighted by Crippen LogP contribution is 2.27. The lowest BCUT2D eigenvalue weighted by molar-refractivity contribution is 0.177. The average molecular weight is 412 g/mol. The predicted octanol–water partition coefficient (Wildman–Crippen LogP) is 3.82. The van der Waals surface area contributed by atoms with Gasteiger partial charge >= 0.3 is 6.09 Å². The summed E-state index contributed by atoms with van der Waals surface area (Å²) < 4.78 is 24.0. The molecule has 0 radical (unpaired) electrons. The molecule has 1 unspecified atom stereocenters. The molecular formula is C20H21FN6O3. The summed E-state index contributed by atoms with van der Waals surface area (Å²) in [5.74, 6) is 1.25. The van der Waals surface area contributed by atoms with Crippen molar-refractivity contribution in [2.75, 3.05) is 16.8 Å². The van der Waals surface area contributed by atoms with Gasteiger partial charge in [-0.15, -0.1) is 10.2 Å². The lowest BCUT2D eigenvalue weighted by atomic mass is 10.0. The van der Waals surface area contributed by atoms with E-state index in [1.807, 2.05) is 20.8 Å². The minimum atomic E-state index is -0.424. The van der Waals surface area contributed by atoms with E-state index in [2.05, 4.69) is 25.5 Å². The topological polar surface area (TPSA) is 106 Å². The number of anilines is 2. The molecular weight excluding hydrogens is 391 g/mol. The molecule has 3 heterocycles. The van der Waals surface area contributed by atoms with Crippen molar-refractivity contribution in [2.45, 2.75) is 32.9 Å². The van der Waals surface area contributed by atoms with Gasteiger partial charge in [0, 0.05) is 11.8 Å². The summed E-state index contributed by atoms with van der Waals surface area (Å²) in [6.07, 6.45) is 1.14. The number of amides is 1. The van der Waals surface area contributed by atoms with Gasteiger partial charge in [0.05, 0.1) is 6.04 Å². The van der Waals surface area contributed by atoms with Crippen LogP contribution >= 0.6 is 0 Å². The maximum Gasteiger partial charge on any atom is 0.415 e. The maximum atomic E-state index is 13.1. The lowest BCUT2D eigenvalue weighted by Gasteiger charge is -2.23. The first-order valence-electron chi connectivity index (χ1n) is 9.57. The Hall–Kier alpha value is -3.56. The molecule has 3 aromatic rings. The number of ether oxygens (including phenoxy) is 1. The van der Waals surface area contributed by atoms with Crippen LogP contribution in [0.1, 0.15) is 32.7 Å². The molecule has 1 aliphatic heterocycles. The van der Waals surface area contributed by atoms with Gasteiger partial charge in [0.15, 0.2) is 0 Å². The lowest BCUT2D eigenvalue weighted by Crippen LogP contribution is -2.37. The molecule has 0 saturated carbocycles. The van der Waals surface area contributed by atoms with Crippen molar-refractivity contribution in [1.82, 2.24) is 20.2 Å². The highest BCUT2D eigenvalue weighted by atomic mass is 19.1. The minimum Gasteiger partial charge on any atom is -0.447 e. The van der Waals surface area contributed by atoms with Crippen LogP contribution in [-0.4, -0.2) is 38.9 Å². The van der Waals surface area contributed by atoms with Crippen LogP contribution in [0.25, 0.3) is 11.5 Å². The molecule has 1 N–H and O–H groups in total. The van der Waals surface area contributed by atoms with Crippen LogP contribution in [-0.2, 0) is 4.74 Å². The summed E-state index contributed by atoms with van der Waals surface area (Å²) in [4.78, 5) is 22.4. The van der Waals surface area contributed by atoms with E-state index in [9.17, 15) is 9.18 Å². The molecule has 2 atom stereocenters. The number of hydrogen-bond donors (Lipinski definition) is 1. The van der Waals surface area contributed by atoms with Crippen LogP contribution in [0.2, 0.25) is 0 Å². The standard InChI is InChI=1S/C20H21FN6O3/c1-11(2)15-10-29-20(28)27(15)16-8-9-22-19(24-16)23-12(3)17-25-26-18(30-17)13-4-6-14(21)7-5-13/h4-9,11-12,15H,10H2,1-3H3,(H,22,23,24)/t12-,15?/m1/s1. The number of aromatic nitrogens is 4. The van der Waals surface area contributed by atoms with Gasteiger partial charge < -0.3 is 14.5 Å². The second-order valence-corrected chi connectivity index (χ2v) is 7.32. The quantitative estimate of drug-likeness (QED) is 0.651. The van der Waals surface area contributed by atoms with Gasteiger partial charge in [0.1, 0.15) is 24.3 Å². The average Bonchev–Trinajstić information content (AvgIpc) is 3.36. The van der Waals surface area contributed by atoms with Crippen molar-refractivity contribution in [3.05, 3.63) is 48.2 Å². The summed E-state index contributed by atoms with van der Waals surface area (Å²) >= 11 is 0. The molecule has 0 spiro atoms. The second-order valence-electron chi connectivity index (χ2n) is 7.32. The number of nitrogens with one attached hydrogen (secondary N) is 1. The van der Waals surface area contributed by atoms with Crippen molar-refractivity contribution < 1.29 is 18.3 Å². The Morgan fingerprint density at radius 2 is 1.93 bits per heavy atom. The van der Waals surface area contributed by atoms with Crippen molar-refractivity contribution in [3.63, 3.8) is 0 Å². The Bertz CT molecular complexity index is 1040. The molecule has 10 heteroatoms. The highest BCUT2D eigenvalue weighted by molar-refractivity contribution is 5.89. The molecule has 1 amide bonds. The monoisotopic (exact) mass is 412 g/mol. The Kier molecular flexibility index (Phi) is 5.30.